The lowest BCUT2D eigenvalue weighted by Gasteiger charge is -2.13. The van der Waals surface area contributed by atoms with Gasteiger partial charge < -0.3 is 24.0 Å². The van der Waals surface area contributed by atoms with Crippen LogP contribution in [0.25, 0.3) is 22.1 Å². The number of carboxylic acids is 1. The molecule has 0 aliphatic heterocycles. The van der Waals surface area contributed by atoms with Crippen LogP contribution in [0.15, 0.2) is 59.1 Å². The molecule has 170 valence electrons. The van der Waals surface area contributed by atoms with Crippen LogP contribution >= 0.6 is 0 Å². The summed E-state index contributed by atoms with van der Waals surface area (Å²) in [5.41, 5.74) is 2.43. The Morgan fingerprint density at radius 1 is 1.09 bits per heavy atom. The molecule has 0 saturated heterocycles. The SMILES string of the molecule is COc1cc(OCc2ccc3onc(N(C)CC(=O)O)c3c2)ccc1-c1ccc(F)c(F)c1. The maximum atomic E-state index is 13.6. The monoisotopic (exact) mass is 454 g/mol. The number of ether oxygens (including phenoxy) is 2. The molecule has 9 heteroatoms. The number of fused-ring (bicyclic) bond motifs is 1. The van der Waals surface area contributed by atoms with E-state index in [0.717, 1.165) is 17.7 Å². The highest BCUT2D eigenvalue weighted by atomic mass is 19.2. The van der Waals surface area contributed by atoms with E-state index in [0.29, 0.717) is 39.4 Å². The molecule has 7 nitrogen and oxygen atoms in total. The molecule has 33 heavy (non-hydrogen) atoms. The summed E-state index contributed by atoms with van der Waals surface area (Å²) in [5, 5.41) is 13.6. The van der Waals surface area contributed by atoms with Gasteiger partial charge in [-0.25, -0.2) is 8.78 Å². The van der Waals surface area contributed by atoms with Gasteiger partial charge in [0.2, 0.25) is 0 Å². The van der Waals surface area contributed by atoms with Gasteiger partial charge in [0.1, 0.15) is 24.7 Å². The van der Waals surface area contributed by atoms with Crippen molar-refractivity contribution in [3.8, 4) is 22.6 Å². The highest BCUT2D eigenvalue weighted by molar-refractivity contribution is 5.90. The third kappa shape index (κ3) is 4.72. The van der Waals surface area contributed by atoms with Crippen molar-refractivity contribution in [3.05, 3.63) is 71.8 Å². The second-order valence-corrected chi connectivity index (χ2v) is 7.37. The molecule has 0 atom stereocenters. The van der Waals surface area contributed by atoms with Gasteiger partial charge in [0.05, 0.1) is 12.5 Å². The number of likely N-dealkylation sites (N-methyl/N-ethyl adjacent to an activating group) is 1. The molecule has 0 saturated carbocycles. The van der Waals surface area contributed by atoms with Crippen LogP contribution in [-0.4, -0.2) is 36.9 Å². The zero-order valence-corrected chi connectivity index (χ0v) is 17.8. The first-order chi connectivity index (χ1) is 15.9. The highest BCUT2D eigenvalue weighted by Gasteiger charge is 2.16. The van der Waals surface area contributed by atoms with E-state index in [1.165, 1.54) is 18.1 Å². The Morgan fingerprint density at radius 3 is 2.64 bits per heavy atom. The van der Waals surface area contributed by atoms with E-state index in [2.05, 4.69) is 5.16 Å². The third-order valence-electron chi connectivity index (χ3n) is 5.06. The predicted molar refractivity (Wildman–Crippen MR) is 118 cm³/mol. The molecule has 1 aromatic heterocycles. The normalized spacial score (nSPS) is 10.9. The molecule has 0 aliphatic carbocycles. The lowest BCUT2D eigenvalue weighted by atomic mass is 10.0. The number of aromatic nitrogens is 1. The summed E-state index contributed by atoms with van der Waals surface area (Å²) in [6.45, 7) is 0.00332. The van der Waals surface area contributed by atoms with Crippen LogP contribution in [0.2, 0.25) is 0 Å². The van der Waals surface area contributed by atoms with Crippen molar-refractivity contribution >= 4 is 22.8 Å². The summed E-state index contributed by atoms with van der Waals surface area (Å²) in [6, 6.07) is 14.1. The number of rotatable bonds is 8. The van der Waals surface area contributed by atoms with Crippen LogP contribution < -0.4 is 14.4 Å². The number of methoxy groups -OCH3 is 1. The number of nitrogens with zero attached hydrogens (tertiary/aromatic N) is 2. The van der Waals surface area contributed by atoms with E-state index >= 15 is 0 Å². The Bertz CT molecular complexity index is 1320. The van der Waals surface area contributed by atoms with E-state index in [4.69, 9.17) is 19.1 Å². The molecular weight excluding hydrogens is 434 g/mol. The zero-order chi connectivity index (χ0) is 23.5. The predicted octanol–water partition coefficient (Wildman–Crippen LogP) is 4.88. The Balaban J connectivity index is 1.54. The van der Waals surface area contributed by atoms with Crippen LogP contribution in [0, 0.1) is 11.6 Å². The van der Waals surface area contributed by atoms with Gasteiger partial charge in [0.25, 0.3) is 0 Å². The fourth-order valence-electron chi connectivity index (χ4n) is 3.45. The minimum absolute atomic E-state index is 0.216. The van der Waals surface area contributed by atoms with Gasteiger partial charge >= 0.3 is 5.97 Å². The Labute approximate surface area is 187 Å². The average Bonchev–Trinajstić information content (AvgIpc) is 3.22. The van der Waals surface area contributed by atoms with Gasteiger partial charge in [-0.3, -0.25) is 4.79 Å². The molecule has 3 aromatic carbocycles. The summed E-state index contributed by atoms with van der Waals surface area (Å²) >= 11 is 0. The molecule has 1 heterocycles. The minimum atomic E-state index is -0.978. The number of anilines is 1. The molecule has 4 aromatic rings. The highest BCUT2D eigenvalue weighted by Crippen LogP contribution is 2.34. The third-order valence-corrected chi connectivity index (χ3v) is 5.06. The van der Waals surface area contributed by atoms with Crippen molar-refractivity contribution in [2.24, 2.45) is 0 Å². The maximum Gasteiger partial charge on any atom is 0.323 e. The van der Waals surface area contributed by atoms with Crippen LogP contribution in [0.5, 0.6) is 11.5 Å². The zero-order valence-electron chi connectivity index (χ0n) is 17.8. The van der Waals surface area contributed by atoms with Crippen molar-refractivity contribution in [1.29, 1.82) is 0 Å². The Hall–Kier alpha value is -4.14. The van der Waals surface area contributed by atoms with Gasteiger partial charge in [0.15, 0.2) is 23.0 Å². The number of hydrogen-bond donors (Lipinski definition) is 1. The lowest BCUT2D eigenvalue weighted by molar-refractivity contribution is -0.135. The number of halogens is 2. The maximum absolute atomic E-state index is 13.6. The number of aliphatic carboxylic acids is 1. The van der Waals surface area contributed by atoms with Crippen LogP contribution in [0.3, 0.4) is 0 Å². The van der Waals surface area contributed by atoms with Gasteiger partial charge in [-0.1, -0.05) is 17.3 Å². The summed E-state index contributed by atoms with van der Waals surface area (Å²) in [7, 11) is 3.10. The fourth-order valence-corrected chi connectivity index (χ4v) is 3.45. The van der Waals surface area contributed by atoms with Gasteiger partial charge in [-0.15, -0.1) is 0 Å². The molecule has 1 N–H and O–H groups in total. The van der Waals surface area contributed by atoms with Gasteiger partial charge in [-0.05, 0) is 47.5 Å². The number of benzene rings is 3. The summed E-state index contributed by atoms with van der Waals surface area (Å²) in [4.78, 5) is 12.5. The quantitative estimate of drug-likeness (QED) is 0.406. The first-order valence-electron chi connectivity index (χ1n) is 9.93. The van der Waals surface area contributed by atoms with E-state index in [9.17, 15) is 13.6 Å². The standard InChI is InChI=1S/C24H20F2N2O5/c1-28(12-23(29)30)24-18-9-14(3-8-21(18)33-27-24)13-32-16-5-6-17(22(11-16)31-2)15-4-7-19(25)20(26)10-15/h3-11H,12-13H2,1-2H3,(H,29,30). The van der Waals surface area contributed by atoms with Gasteiger partial charge in [-0.2, -0.15) is 0 Å². The van der Waals surface area contributed by atoms with E-state index in [1.54, 1.807) is 31.3 Å². The molecule has 0 aliphatic rings. The van der Waals surface area contributed by atoms with Crippen molar-refractivity contribution in [3.63, 3.8) is 0 Å². The molecule has 0 fully saturated rings. The molecule has 0 radical (unpaired) electrons. The molecular formula is C24H20F2N2O5. The van der Waals surface area contributed by atoms with E-state index in [1.807, 2.05) is 12.1 Å². The molecule has 0 unspecified atom stereocenters. The van der Waals surface area contributed by atoms with Crippen molar-refractivity contribution in [2.45, 2.75) is 6.61 Å². The fraction of sp³-hybridized carbons (Fsp3) is 0.167. The van der Waals surface area contributed by atoms with E-state index < -0.39 is 17.6 Å². The first kappa shape index (κ1) is 22.1. The van der Waals surface area contributed by atoms with Crippen molar-refractivity contribution in [1.82, 2.24) is 5.16 Å². The average molecular weight is 454 g/mol. The van der Waals surface area contributed by atoms with E-state index in [-0.39, 0.29) is 13.2 Å². The second kappa shape index (κ2) is 9.15. The summed E-state index contributed by atoms with van der Waals surface area (Å²) < 4.78 is 43.5. The Kier molecular flexibility index (Phi) is 6.12. The summed E-state index contributed by atoms with van der Waals surface area (Å²) in [5.74, 6) is -1.44. The van der Waals surface area contributed by atoms with Crippen molar-refractivity contribution in [2.75, 3.05) is 25.6 Å². The molecule has 0 spiro atoms. The Morgan fingerprint density at radius 2 is 1.91 bits per heavy atom. The molecule has 0 bridgehead atoms. The smallest absolute Gasteiger partial charge is 0.323 e. The minimum Gasteiger partial charge on any atom is -0.496 e. The lowest BCUT2D eigenvalue weighted by Crippen LogP contribution is -2.25. The van der Waals surface area contributed by atoms with Crippen LogP contribution in [0.1, 0.15) is 5.56 Å². The molecule has 4 rings (SSSR count). The number of carbonyl (C=O) groups is 1. The van der Waals surface area contributed by atoms with Gasteiger partial charge in [0, 0.05) is 18.7 Å². The molecule has 0 amide bonds. The second-order valence-electron chi connectivity index (χ2n) is 7.37. The largest absolute Gasteiger partial charge is 0.496 e. The summed E-state index contributed by atoms with van der Waals surface area (Å²) in [6.07, 6.45) is 0. The van der Waals surface area contributed by atoms with Crippen LogP contribution in [0.4, 0.5) is 14.6 Å². The van der Waals surface area contributed by atoms with Crippen molar-refractivity contribution < 1.29 is 32.7 Å². The number of carboxylic acid groups (broad SMARTS) is 1. The number of hydrogen-bond acceptors (Lipinski definition) is 6. The topological polar surface area (TPSA) is 85.0 Å². The first-order valence-corrected chi connectivity index (χ1v) is 9.93. The van der Waals surface area contributed by atoms with Crippen LogP contribution in [-0.2, 0) is 11.4 Å².